The van der Waals surface area contributed by atoms with Crippen LogP contribution in [0.5, 0.6) is 0 Å². The minimum Gasteiger partial charge on any atom is -0.876 e. The van der Waals surface area contributed by atoms with E-state index in [-0.39, 0.29) is 5.76 Å². The van der Waals surface area contributed by atoms with Gasteiger partial charge in [-0.1, -0.05) is 13.0 Å². The highest BCUT2D eigenvalue weighted by Crippen LogP contribution is 1.81. The molecule has 0 N–H and O–H groups in total. The summed E-state index contributed by atoms with van der Waals surface area (Å²) < 4.78 is 0. The van der Waals surface area contributed by atoms with Gasteiger partial charge in [-0.05, 0) is 6.92 Å². The molecule has 0 amide bonds. The molecule has 0 spiro atoms. The topological polar surface area (TPSA) is 35.4 Å². The lowest BCUT2D eigenvalue weighted by Crippen LogP contribution is -2.00. The molecular formula is C6H10NO-. The second-order valence-electron chi connectivity index (χ2n) is 1.62. The average Bonchev–Trinajstić information content (AvgIpc) is 1.65. The standard InChI is InChI=1S/C6H11NO/c1-5(7-3)4-6(2)8/h4,8H,1-3H3/p-1/b6-4-,7-5?. The van der Waals surface area contributed by atoms with E-state index >= 15 is 0 Å². The van der Waals surface area contributed by atoms with Crippen LogP contribution >= 0.6 is 0 Å². The first-order valence-corrected chi connectivity index (χ1v) is 2.45. The number of nitrogens with zero attached hydrogens (tertiary/aromatic N) is 1. The molecule has 46 valence electrons. The summed E-state index contributed by atoms with van der Waals surface area (Å²) in [5, 5.41) is 10.3. The molecule has 2 nitrogen and oxygen atoms in total. The van der Waals surface area contributed by atoms with Gasteiger partial charge in [0.25, 0.3) is 0 Å². The van der Waals surface area contributed by atoms with E-state index in [1.807, 2.05) is 0 Å². The van der Waals surface area contributed by atoms with Crippen LogP contribution in [0.3, 0.4) is 0 Å². The first-order valence-electron chi connectivity index (χ1n) is 2.45. The highest BCUT2D eigenvalue weighted by molar-refractivity contribution is 5.92. The van der Waals surface area contributed by atoms with E-state index in [0.29, 0.717) is 0 Å². The van der Waals surface area contributed by atoms with Gasteiger partial charge < -0.3 is 5.11 Å². The van der Waals surface area contributed by atoms with Gasteiger partial charge in [-0.2, -0.15) is 0 Å². The Morgan fingerprint density at radius 3 is 2.12 bits per heavy atom. The van der Waals surface area contributed by atoms with Crippen molar-refractivity contribution in [3.63, 3.8) is 0 Å². The fourth-order valence-corrected chi connectivity index (χ4v) is 0.359. The van der Waals surface area contributed by atoms with E-state index in [0.717, 1.165) is 5.71 Å². The van der Waals surface area contributed by atoms with E-state index in [1.54, 1.807) is 14.0 Å². The predicted octanol–water partition coefficient (Wildman–Crippen LogP) is 0.341. The Bertz CT molecular complexity index is 120. The second kappa shape index (κ2) is 3.24. The predicted molar refractivity (Wildman–Crippen MR) is 32.8 cm³/mol. The van der Waals surface area contributed by atoms with Crippen LogP contribution in [0.2, 0.25) is 0 Å². The van der Waals surface area contributed by atoms with Crippen molar-refractivity contribution in [3.8, 4) is 0 Å². The normalized spacial score (nSPS) is 14.4. The maximum absolute atomic E-state index is 10.3. The summed E-state index contributed by atoms with van der Waals surface area (Å²) >= 11 is 0. The molecule has 0 saturated heterocycles. The van der Waals surface area contributed by atoms with Gasteiger partial charge in [0.2, 0.25) is 0 Å². The molecule has 0 aromatic heterocycles. The maximum atomic E-state index is 10.3. The van der Waals surface area contributed by atoms with E-state index in [2.05, 4.69) is 4.99 Å². The molecule has 0 aliphatic rings. The fraction of sp³-hybridized carbons (Fsp3) is 0.500. The summed E-state index contributed by atoms with van der Waals surface area (Å²) in [5.41, 5.74) is 0.775. The molecule has 0 rings (SSSR count). The zero-order valence-corrected chi connectivity index (χ0v) is 5.43. The monoisotopic (exact) mass is 112 g/mol. The molecule has 8 heavy (non-hydrogen) atoms. The molecular weight excluding hydrogens is 102 g/mol. The molecule has 0 radical (unpaired) electrons. The molecule has 0 aliphatic carbocycles. The maximum Gasteiger partial charge on any atom is 0.0304 e. The van der Waals surface area contributed by atoms with Gasteiger partial charge in [0.1, 0.15) is 0 Å². The number of aliphatic imine (C=N–C) groups is 1. The van der Waals surface area contributed by atoms with Crippen molar-refractivity contribution in [2.75, 3.05) is 7.05 Å². The van der Waals surface area contributed by atoms with E-state index in [1.165, 1.54) is 13.0 Å². The molecule has 0 heterocycles. The molecule has 0 saturated carbocycles. The molecule has 0 fully saturated rings. The Balaban J connectivity index is 3.89. The summed E-state index contributed by atoms with van der Waals surface area (Å²) in [6.07, 6.45) is 1.50. The Morgan fingerprint density at radius 2 is 2.00 bits per heavy atom. The van der Waals surface area contributed by atoms with Crippen molar-refractivity contribution in [2.45, 2.75) is 13.8 Å². The van der Waals surface area contributed by atoms with Gasteiger partial charge in [-0.3, -0.25) is 4.99 Å². The van der Waals surface area contributed by atoms with Gasteiger partial charge in [0.15, 0.2) is 0 Å². The number of hydrogen-bond acceptors (Lipinski definition) is 2. The number of rotatable bonds is 1. The molecule has 0 aliphatic heterocycles. The van der Waals surface area contributed by atoms with Gasteiger partial charge in [-0.25, -0.2) is 0 Å². The first-order chi connectivity index (χ1) is 3.66. The molecule has 0 aromatic carbocycles. The molecule has 0 aromatic rings. The van der Waals surface area contributed by atoms with Gasteiger partial charge in [0, 0.05) is 12.8 Å². The average molecular weight is 112 g/mol. The van der Waals surface area contributed by atoms with Gasteiger partial charge >= 0.3 is 0 Å². The summed E-state index contributed by atoms with van der Waals surface area (Å²) in [7, 11) is 1.66. The smallest absolute Gasteiger partial charge is 0.0304 e. The Kier molecular flexibility index (Phi) is 2.92. The van der Waals surface area contributed by atoms with E-state index in [9.17, 15) is 5.11 Å². The number of hydrogen-bond donors (Lipinski definition) is 0. The largest absolute Gasteiger partial charge is 0.876 e. The van der Waals surface area contributed by atoms with E-state index < -0.39 is 0 Å². The van der Waals surface area contributed by atoms with Crippen LogP contribution in [0.1, 0.15) is 13.8 Å². The van der Waals surface area contributed by atoms with Gasteiger partial charge in [-0.15, -0.1) is 5.76 Å². The Labute approximate surface area is 49.6 Å². The van der Waals surface area contributed by atoms with Crippen molar-refractivity contribution in [2.24, 2.45) is 4.99 Å². The molecule has 0 unspecified atom stereocenters. The second-order valence-corrected chi connectivity index (χ2v) is 1.62. The van der Waals surface area contributed by atoms with Crippen LogP contribution in [0.4, 0.5) is 0 Å². The van der Waals surface area contributed by atoms with Crippen LogP contribution in [-0.4, -0.2) is 12.8 Å². The zero-order valence-electron chi connectivity index (χ0n) is 5.43. The van der Waals surface area contributed by atoms with Crippen molar-refractivity contribution < 1.29 is 5.11 Å². The quantitative estimate of drug-likeness (QED) is 0.356. The fourth-order valence-electron chi connectivity index (χ4n) is 0.359. The van der Waals surface area contributed by atoms with Gasteiger partial charge in [0.05, 0.1) is 0 Å². The Morgan fingerprint density at radius 1 is 1.50 bits per heavy atom. The van der Waals surface area contributed by atoms with Crippen molar-refractivity contribution in [1.29, 1.82) is 0 Å². The lowest BCUT2D eigenvalue weighted by atomic mass is 10.3. The van der Waals surface area contributed by atoms with Crippen LogP contribution in [0.15, 0.2) is 16.8 Å². The van der Waals surface area contributed by atoms with Crippen molar-refractivity contribution in [3.05, 3.63) is 11.8 Å². The minimum absolute atomic E-state index is 0.0492. The number of allylic oxidation sites excluding steroid dienone is 2. The molecule has 2 heteroatoms. The van der Waals surface area contributed by atoms with E-state index in [4.69, 9.17) is 0 Å². The van der Waals surface area contributed by atoms with Crippen LogP contribution in [0.25, 0.3) is 0 Å². The lowest BCUT2D eigenvalue weighted by Gasteiger charge is -2.00. The highest BCUT2D eigenvalue weighted by atomic mass is 16.3. The van der Waals surface area contributed by atoms with Crippen LogP contribution in [-0.2, 0) is 0 Å². The third kappa shape index (κ3) is 3.40. The third-order valence-corrected chi connectivity index (χ3v) is 0.765. The summed E-state index contributed by atoms with van der Waals surface area (Å²) in [6, 6.07) is 0. The van der Waals surface area contributed by atoms with Crippen LogP contribution < -0.4 is 5.11 Å². The summed E-state index contributed by atoms with van der Waals surface area (Å²) in [4.78, 5) is 3.77. The molecule has 0 atom stereocenters. The minimum atomic E-state index is 0.0492. The van der Waals surface area contributed by atoms with Crippen molar-refractivity contribution in [1.82, 2.24) is 0 Å². The molecule has 0 bridgehead atoms. The zero-order chi connectivity index (χ0) is 6.57. The summed E-state index contributed by atoms with van der Waals surface area (Å²) in [5.74, 6) is 0.0492. The Hall–Kier alpha value is -0.790. The highest BCUT2D eigenvalue weighted by Gasteiger charge is 1.74. The SMILES string of the molecule is CN=C(C)/C=C(/C)[O-]. The first kappa shape index (κ1) is 7.21. The van der Waals surface area contributed by atoms with Crippen molar-refractivity contribution >= 4 is 5.71 Å². The third-order valence-electron chi connectivity index (χ3n) is 0.765. The van der Waals surface area contributed by atoms with Crippen LogP contribution in [0, 0.1) is 0 Å². The lowest BCUT2D eigenvalue weighted by molar-refractivity contribution is -0.301. The summed E-state index contributed by atoms with van der Waals surface area (Å²) in [6.45, 7) is 3.30.